The minimum atomic E-state index is -3.90. The van der Waals surface area contributed by atoms with Crippen LogP contribution in [0.15, 0.2) is 54.6 Å². The average molecular weight is 422 g/mol. The normalized spacial score (nSPS) is 11.9. The molecular weight excluding hydrogens is 394 g/mol. The van der Waals surface area contributed by atoms with Crippen LogP contribution >= 0.6 is 0 Å². The number of carbonyl (C=O) groups is 1. The summed E-state index contributed by atoms with van der Waals surface area (Å²) >= 11 is 0. The average Bonchev–Trinajstić information content (AvgIpc) is 2.60. The highest BCUT2D eigenvalue weighted by Crippen LogP contribution is 2.16. The zero-order valence-electron chi connectivity index (χ0n) is 17.1. The highest BCUT2D eigenvalue weighted by Gasteiger charge is 2.26. The smallest absolute Gasteiger partial charge is 0.435 e. The summed E-state index contributed by atoms with van der Waals surface area (Å²) < 4.78 is 38.9. The lowest BCUT2D eigenvalue weighted by molar-refractivity contribution is -0.0734. The molecule has 0 aliphatic carbocycles. The predicted molar refractivity (Wildman–Crippen MR) is 109 cm³/mol. The number of hydrogen-bond acceptors (Lipinski definition) is 6. The molecular formula is C21H27NO6S. The van der Waals surface area contributed by atoms with Gasteiger partial charge in [-0.05, 0) is 37.5 Å². The number of hydrogen-bond donors (Lipinski definition) is 0. The second kappa shape index (κ2) is 9.87. The first-order valence-electron chi connectivity index (χ1n) is 9.11. The summed E-state index contributed by atoms with van der Waals surface area (Å²) in [5.74, 6) is 0. The van der Waals surface area contributed by atoms with Crippen molar-refractivity contribution >= 4 is 16.2 Å². The molecule has 2 aromatic carbocycles. The maximum Gasteiger partial charge on any atom is 0.435 e. The van der Waals surface area contributed by atoms with E-state index in [9.17, 15) is 13.2 Å². The van der Waals surface area contributed by atoms with Crippen molar-refractivity contribution in [1.82, 2.24) is 5.06 Å². The summed E-state index contributed by atoms with van der Waals surface area (Å²) in [7, 11) is -3.90. The first-order valence-corrected chi connectivity index (χ1v) is 10.9. The molecule has 0 aliphatic heterocycles. The van der Waals surface area contributed by atoms with E-state index in [4.69, 9.17) is 13.8 Å². The molecule has 7 nitrogen and oxygen atoms in total. The molecule has 0 radical (unpaired) electrons. The van der Waals surface area contributed by atoms with Crippen LogP contribution in [-0.4, -0.2) is 31.4 Å². The Kier molecular flexibility index (Phi) is 7.78. The number of nitrogens with zero attached hydrogens (tertiary/aromatic N) is 1. The standard InChI is InChI=1S/C21H27NO6S/c1-21(2,3)27-20(23)22(28-29(4,24)25)14-18-11-8-12-19(13-18)16-26-15-17-9-6-5-7-10-17/h5-13H,14-16H2,1-4H3. The van der Waals surface area contributed by atoms with Gasteiger partial charge in [0.2, 0.25) is 0 Å². The van der Waals surface area contributed by atoms with E-state index < -0.39 is 21.8 Å². The summed E-state index contributed by atoms with van der Waals surface area (Å²) in [4.78, 5) is 12.3. The predicted octanol–water partition coefficient (Wildman–Crippen LogP) is 4.03. The van der Waals surface area contributed by atoms with Gasteiger partial charge in [0, 0.05) is 0 Å². The third-order valence-electron chi connectivity index (χ3n) is 3.52. The van der Waals surface area contributed by atoms with E-state index in [1.165, 1.54) is 0 Å². The van der Waals surface area contributed by atoms with Gasteiger partial charge in [-0.2, -0.15) is 13.5 Å². The SMILES string of the molecule is CC(C)(C)OC(=O)N(Cc1cccc(COCc2ccccc2)c1)OS(C)(=O)=O. The van der Waals surface area contributed by atoms with E-state index >= 15 is 0 Å². The number of ether oxygens (including phenoxy) is 2. The topological polar surface area (TPSA) is 82.1 Å². The Morgan fingerprint density at radius 3 is 2.14 bits per heavy atom. The van der Waals surface area contributed by atoms with Gasteiger partial charge in [0.25, 0.3) is 10.1 Å². The van der Waals surface area contributed by atoms with Crippen LogP contribution in [0.25, 0.3) is 0 Å². The van der Waals surface area contributed by atoms with E-state index in [0.29, 0.717) is 23.8 Å². The molecule has 0 atom stereocenters. The third kappa shape index (κ3) is 9.08. The Balaban J connectivity index is 2.04. The maximum absolute atomic E-state index is 12.3. The van der Waals surface area contributed by atoms with Crippen molar-refractivity contribution in [2.75, 3.05) is 6.26 Å². The van der Waals surface area contributed by atoms with E-state index in [1.54, 1.807) is 26.8 Å². The van der Waals surface area contributed by atoms with Crippen molar-refractivity contribution in [3.8, 4) is 0 Å². The Bertz CT molecular complexity index is 906. The quantitative estimate of drug-likeness (QED) is 0.599. The molecule has 29 heavy (non-hydrogen) atoms. The molecule has 0 aliphatic rings. The van der Waals surface area contributed by atoms with Gasteiger partial charge in [0.1, 0.15) is 5.60 Å². The first kappa shape index (κ1) is 22.9. The van der Waals surface area contributed by atoms with E-state index in [2.05, 4.69) is 0 Å². The Hall–Kier alpha value is -2.42. The van der Waals surface area contributed by atoms with Crippen LogP contribution in [0.2, 0.25) is 0 Å². The van der Waals surface area contributed by atoms with Crippen LogP contribution in [0.3, 0.4) is 0 Å². The van der Waals surface area contributed by atoms with Gasteiger partial charge in [-0.3, -0.25) is 0 Å². The van der Waals surface area contributed by atoms with Gasteiger partial charge in [-0.1, -0.05) is 54.6 Å². The molecule has 0 spiro atoms. The lowest BCUT2D eigenvalue weighted by atomic mass is 10.1. The first-order chi connectivity index (χ1) is 13.5. The molecule has 0 N–H and O–H groups in total. The molecule has 0 saturated carbocycles. The largest absolute Gasteiger partial charge is 0.442 e. The van der Waals surface area contributed by atoms with Crippen LogP contribution in [-0.2, 0) is 43.6 Å². The molecule has 0 saturated heterocycles. The Labute approximate surface area is 172 Å². The van der Waals surface area contributed by atoms with Crippen LogP contribution < -0.4 is 0 Å². The van der Waals surface area contributed by atoms with Crippen LogP contribution in [0.4, 0.5) is 4.79 Å². The molecule has 0 bridgehead atoms. The lowest BCUT2D eigenvalue weighted by Crippen LogP contribution is -2.37. The fraction of sp³-hybridized carbons (Fsp3) is 0.381. The monoisotopic (exact) mass is 421 g/mol. The minimum Gasteiger partial charge on any atom is -0.442 e. The molecule has 2 rings (SSSR count). The van der Waals surface area contributed by atoms with E-state index in [-0.39, 0.29) is 6.54 Å². The highest BCUT2D eigenvalue weighted by molar-refractivity contribution is 7.85. The lowest BCUT2D eigenvalue weighted by Gasteiger charge is -2.25. The molecule has 0 aromatic heterocycles. The summed E-state index contributed by atoms with van der Waals surface area (Å²) in [5.41, 5.74) is 1.85. The van der Waals surface area contributed by atoms with Crippen LogP contribution in [0, 0.1) is 0 Å². The minimum absolute atomic E-state index is 0.0888. The van der Waals surface area contributed by atoms with Gasteiger partial charge in [-0.15, -0.1) is 4.28 Å². The van der Waals surface area contributed by atoms with E-state index in [1.807, 2.05) is 48.5 Å². The van der Waals surface area contributed by atoms with Gasteiger partial charge in [0.15, 0.2) is 0 Å². The number of hydroxylamine groups is 2. The van der Waals surface area contributed by atoms with Crippen molar-refractivity contribution in [1.29, 1.82) is 0 Å². The van der Waals surface area contributed by atoms with Gasteiger partial charge in [0.05, 0.1) is 26.0 Å². The summed E-state index contributed by atoms with van der Waals surface area (Å²) in [6.45, 7) is 5.83. The van der Waals surface area contributed by atoms with E-state index in [0.717, 1.165) is 17.4 Å². The molecule has 8 heteroatoms. The van der Waals surface area contributed by atoms with Gasteiger partial charge < -0.3 is 9.47 Å². The van der Waals surface area contributed by atoms with Crippen LogP contribution in [0.1, 0.15) is 37.5 Å². The van der Waals surface area contributed by atoms with Crippen molar-refractivity contribution in [2.45, 2.75) is 46.1 Å². The molecule has 158 valence electrons. The number of amides is 1. The second-order valence-electron chi connectivity index (χ2n) is 7.59. The van der Waals surface area contributed by atoms with Crippen LogP contribution in [0.5, 0.6) is 0 Å². The second-order valence-corrected chi connectivity index (χ2v) is 9.15. The molecule has 0 unspecified atom stereocenters. The zero-order valence-corrected chi connectivity index (χ0v) is 17.9. The van der Waals surface area contributed by atoms with Crippen molar-refractivity contribution in [3.63, 3.8) is 0 Å². The number of rotatable bonds is 8. The molecule has 2 aromatic rings. The van der Waals surface area contributed by atoms with Crippen molar-refractivity contribution < 1.29 is 27.0 Å². The third-order valence-corrected chi connectivity index (χ3v) is 3.97. The fourth-order valence-corrected chi connectivity index (χ4v) is 2.88. The Morgan fingerprint density at radius 2 is 1.52 bits per heavy atom. The molecule has 0 heterocycles. The fourth-order valence-electron chi connectivity index (χ4n) is 2.44. The summed E-state index contributed by atoms with van der Waals surface area (Å²) in [6.07, 6.45) is -0.00765. The van der Waals surface area contributed by atoms with Gasteiger partial charge >= 0.3 is 6.09 Å². The summed E-state index contributed by atoms with van der Waals surface area (Å²) in [5, 5.41) is 0.699. The number of benzene rings is 2. The van der Waals surface area contributed by atoms with Crippen molar-refractivity contribution in [2.24, 2.45) is 0 Å². The number of carbonyl (C=O) groups excluding carboxylic acids is 1. The zero-order chi connectivity index (χ0) is 21.5. The highest BCUT2D eigenvalue weighted by atomic mass is 32.2. The Morgan fingerprint density at radius 1 is 0.931 bits per heavy atom. The molecule has 0 fully saturated rings. The maximum atomic E-state index is 12.3. The van der Waals surface area contributed by atoms with Crippen molar-refractivity contribution in [3.05, 3.63) is 71.3 Å². The summed E-state index contributed by atoms with van der Waals surface area (Å²) in [6, 6.07) is 17.1. The van der Waals surface area contributed by atoms with Gasteiger partial charge in [-0.25, -0.2) is 4.79 Å². The molecule has 1 amide bonds.